The molecule has 6 nitrogen and oxygen atoms in total. The van der Waals surface area contributed by atoms with Crippen LogP contribution in [0.4, 0.5) is 0 Å². The molecule has 0 heterocycles. The van der Waals surface area contributed by atoms with E-state index in [2.05, 4.69) is 4.74 Å². The Labute approximate surface area is 62.6 Å². The van der Waals surface area contributed by atoms with E-state index in [1.54, 1.807) is 0 Å². The second kappa shape index (κ2) is 4.64. The van der Waals surface area contributed by atoms with Gasteiger partial charge in [0.25, 0.3) is 0 Å². The van der Waals surface area contributed by atoms with Gasteiger partial charge in [0, 0.05) is 0 Å². The molecule has 0 aromatic heterocycles. The molecule has 0 aliphatic carbocycles. The third kappa shape index (κ3) is 5.31. The van der Waals surface area contributed by atoms with Gasteiger partial charge in [-0.05, 0) is 0 Å². The molecular weight excluding hydrogens is 154 g/mol. The van der Waals surface area contributed by atoms with E-state index in [1.807, 2.05) is 0 Å². The molecule has 0 bridgehead atoms. The highest BCUT2D eigenvalue weighted by molar-refractivity contribution is 5.73. The van der Waals surface area contributed by atoms with Gasteiger partial charge in [0.2, 0.25) is 0 Å². The van der Waals surface area contributed by atoms with Crippen molar-refractivity contribution in [2.75, 3.05) is 13.2 Å². The van der Waals surface area contributed by atoms with E-state index in [4.69, 9.17) is 15.9 Å². The predicted molar refractivity (Wildman–Crippen MR) is 34.1 cm³/mol. The van der Waals surface area contributed by atoms with E-state index in [1.165, 1.54) is 0 Å². The summed E-state index contributed by atoms with van der Waals surface area (Å²) in [5, 5.41) is 16.2. The Bertz CT molecular complexity index is 157. The van der Waals surface area contributed by atoms with Crippen molar-refractivity contribution in [1.29, 1.82) is 0 Å². The lowest BCUT2D eigenvalue weighted by Crippen LogP contribution is -2.35. The standard InChI is InChI=1S/C5H9NO5/c6-3(5(9)10)1-11-2-4(7)8/h3H,1-2,6H2,(H,7,8)(H,9,10)/t3-/m0/s1. The predicted octanol–water partition coefficient (Wildman–Crippen LogP) is -1.50. The van der Waals surface area contributed by atoms with Crippen LogP contribution in [-0.4, -0.2) is 41.4 Å². The molecule has 0 aliphatic heterocycles. The third-order valence-electron chi connectivity index (χ3n) is 0.840. The Morgan fingerprint density at radius 1 is 1.45 bits per heavy atom. The maximum Gasteiger partial charge on any atom is 0.329 e. The molecule has 0 aromatic rings. The molecule has 0 rings (SSSR count). The van der Waals surface area contributed by atoms with E-state index in [0.717, 1.165) is 0 Å². The van der Waals surface area contributed by atoms with Gasteiger partial charge in [0.1, 0.15) is 12.6 Å². The molecule has 0 saturated heterocycles. The Kier molecular flexibility index (Phi) is 4.16. The van der Waals surface area contributed by atoms with Gasteiger partial charge >= 0.3 is 11.9 Å². The molecule has 0 fully saturated rings. The van der Waals surface area contributed by atoms with Crippen LogP contribution < -0.4 is 5.73 Å². The summed E-state index contributed by atoms with van der Waals surface area (Å²) in [4.78, 5) is 19.9. The molecule has 0 aromatic carbocycles. The zero-order valence-electron chi connectivity index (χ0n) is 5.69. The smallest absolute Gasteiger partial charge is 0.329 e. The van der Waals surface area contributed by atoms with E-state index in [9.17, 15) is 9.59 Å². The van der Waals surface area contributed by atoms with Crippen molar-refractivity contribution in [2.24, 2.45) is 5.73 Å². The molecule has 0 radical (unpaired) electrons. The summed E-state index contributed by atoms with van der Waals surface area (Å²) in [6.45, 7) is -0.817. The number of hydrogen-bond donors (Lipinski definition) is 3. The molecule has 1 atom stereocenters. The van der Waals surface area contributed by atoms with Crippen LogP contribution in [0.15, 0.2) is 0 Å². The lowest BCUT2D eigenvalue weighted by molar-refractivity contribution is -0.146. The first-order chi connectivity index (χ1) is 5.04. The maximum absolute atomic E-state index is 10.0. The van der Waals surface area contributed by atoms with Crippen LogP contribution in [0.1, 0.15) is 0 Å². The number of carbonyl (C=O) groups is 2. The van der Waals surface area contributed by atoms with Crippen molar-refractivity contribution >= 4 is 11.9 Å². The first kappa shape index (κ1) is 9.86. The molecule has 0 saturated carbocycles. The SMILES string of the molecule is N[C@@H](COCC(=O)O)C(=O)O. The fourth-order valence-electron chi connectivity index (χ4n) is 0.344. The van der Waals surface area contributed by atoms with Crippen LogP contribution in [0.25, 0.3) is 0 Å². The first-order valence-corrected chi connectivity index (χ1v) is 2.82. The van der Waals surface area contributed by atoms with Gasteiger partial charge in [-0.1, -0.05) is 0 Å². The van der Waals surface area contributed by atoms with Gasteiger partial charge in [0.15, 0.2) is 0 Å². The van der Waals surface area contributed by atoms with Gasteiger partial charge in [-0.25, -0.2) is 4.79 Å². The zero-order valence-corrected chi connectivity index (χ0v) is 5.69. The van der Waals surface area contributed by atoms with Gasteiger partial charge in [-0.3, -0.25) is 4.79 Å². The highest BCUT2D eigenvalue weighted by Gasteiger charge is 2.11. The van der Waals surface area contributed by atoms with Crippen LogP contribution >= 0.6 is 0 Å². The molecule has 0 aliphatic rings. The van der Waals surface area contributed by atoms with Crippen LogP contribution in [-0.2, 0) is 14.3 Å². The topological polar surface area (TPSA) is 110 Å². The largest absolute Gasteiger partial charge is 0.480 e. The average molecular weight is 163 g/mol. The summed E-state index contributed by atoms with van der Waals surface area (Å²) < 4.78 is 4.41. The number of carboxylic acid groups (broad SMARTS) is 2. The number of rotatable bonds is 5. The number of nitrogens with two attached hydrogens (primary N) is 1. The molecule has 64 valence electrons. The second-order valence-electron chi connectivity index (χ2n) is 1.85. The highest BCUT2D eigenvalue weighted by atomic mass is 16.5. The molecule has 6 heteroatoms. The monoisotopic (exact) mass is 163 g/mol. The zero-order chi connectivity index (χ0) is 8.85. The van der Waals surface area contributed by atoms with Gasteiger partial charge in [-0.15, -0.1) is 0 Å². The second-order valence-corrected chi connectivity index (χ2v) is 1.85. The normalized spacial score (nSPS) is 12.5. The minimum Gasteiger partial charge on any atom is -0.480 e. The van der Waals surface area contributed by atoms with Crippen molar-refractivity contribution in [3.8, 4) is 0 Å². The number of aliphatic carboxylic acids is 2. The summed E-state index contributed by atoms with van der Waals surface area (Å²) in [6, 6.07) is -1.16. The third-order valence-corrected chi connectivity index (χ3v) is 0.840. The minimum absolute atomic E-state index is 0.290. The average Bonchev–Trinajstić information content (AvgIpc) is 1.86. The Hall–Kier alpha value is -1.14. The molecule has 0 spiro atoms. The van der Waals surface area contributed by atoms with Crippen molar-refractivity contribution in [3.05, 3.63) is 0 Å². The fourth-order valence-corrected chi connectivity index (χ4v) is 0.344. The number of ether oxygens (including phenoxy) is 1. The Morgan fingerprint density at radius 2 is 2.00 bits per heavy atom. The van der Waals surface area contributed by atoms with Crippen LogP contribution in [0, 0.1) is 0 Å². The Balaban J connectivity index is 3.39. The van der Waals surface area contributed by atoms with Crippen LogP contribution in [0.5, 0.6) is 0 Å². The van der Waals surface area contributed by atoms with E-state index in [0.29, 0.717) is 0 Å². The molecule has 11 heavy (non-hydrogen) atoms. The van der Waals surface area contributed by atoms with Crippen molar-refractivity contribution in [1.82, 2.24) is 0 Å². The fraction of sp³-hybridized carbons (Fsp3) is 0.600. The molecule has 0 unspecified atom stereocenters. The summed E-state index contributed by atoms with van der Waals surface area (Å²) >= 11 is 0. The van der Waals surface area contributed by atoms with Crippen molar-refractivity contribution in [3.63, 3.8) is 0 Å². The summed E-state index contributed by atoms with van der Waals surface area (Å²) in [5.41, 5.74) is 4.99. The van der Waals surface area contributed by atoms with Crippen LogP contribution in [0.3, 0.4) is 0 Å². The van der Waals surface area contributed by atoms with Gasteiger partial charge < -0.3 is 20.7 Å². The summed E-state index contributed by atoms with van der Waals surface area (Å²) in [7, 11) is 0. The van der Waals surface area contributed by atoms with Gasteiger partial charge in [0.05, 0.1) is 6.61 Å². The van der Waals surface area contributed by atoms with Crippen LogP contribution in [0.2, 0.25) is 0 Å². The summed E-state index contributed by atoms with van der Waals surface area (Å²) in [5.74, 6) is -2.36. The van der Waals surface area contributed by atoms with E-state index < -0.39 is 24.6 Å². The summed E-state index contributed by atoms with van der Waals surface area (Å²) in [6.07, 6.45) is 0. The van der Waals surface area contributed by atoms with Crippen molar-refractivity contribution < 1.29 is 24.5 Å². The van der Waals surface area contributed by atoms with Gasteiger partial charge in [-0.2, -0.15) is 0 Å². The van der Waals surface area contributed by atoms with E-state index in [-0.39, 0.29) is 6.61 Å². The Morgan fingerprint density at radius 3 is 2.36 bits per heavy atom. The maximum atomic E-state index is 10.0. The van der Waals surface area contributed by atoms with E-state index >= 15 is 0 Å². The quantitative estimate of drug-likeness (QED) is 0.455. The minimum atomic E-state index is -1.21. The highest BCUT2D eigenvalue weighted by Crippen LogP contribution is 1.81. The van der Waals surface area contributed by atoms with Crippen molar-refractivity contribution in [2.45, 2.75) is 6.04 Å². The molecule has 4 N–H and O–H groups in total. The number of carboxylic acids is 2. The lowest BCUT2D eigenvalue weighted by Gasteiger charge is -2.04. The number of hydrogen-bond acceptors (Lipinski definition) is 4. The lowest BCUT2D eigenvalue weighted by atomic mass is 10.3. The molecule has 0 amide bonds. The first-order valence-electron chi connectivity index (χ1n) is 2.82. The molecular formula is C5H9NO5.